The van der Waals surface area contributed by atoms with Gasteiger partial charge in [-0.25, -0.2) is 4.79 Å². The molecule has 8 heteroatoms. The number of hydrogen-bond donors (Lipinski definition) is 1. The fourth-order valence-corrected chi connectivity index (χ4v) is 6.77. The van der Waals surface area contributed by atoms with Crippen LogP contribution in [0, 0.1) is 0 Å². The van der Waals surface area contributed by atoms with Crippen molar-refractivity contribution in [3.63, 3.8) is 0 Å². The van der Waals surface area contributed by atoms with E-state index in [1.807, 2.05) is 36.1 Å². The Hall–Kier alpha value is -3.26. The normalized spacial score (nSPS) is 20.8. The van der Waals surface area contributed by atoms with Crippen molar-refractivity contribution in [1.82, 2.24) is 4.90 Å². The van der Waals surface area contributed by atoms with E-state index in [1.54, 1.807) is 24.3 Å². The number of benzene rings is 2. The van der Waals surface area contributed by atoms with Gasteiger partial charge in [0.1, 0.15) is 6.61 Å². The van der Waals surface area contributed by atoms with Crippen LogP contribution in [0.25, 0.3) is 6.08 Å². The number of hydrogen-bond acceptors (Lipinski definition) is 6. The van der Waals surface area contributed by atoms with E-state index in [4.69, 9.17) is 19.6 Å². The van der Waals surface area contributed by atoms with Crippen LogP contribution in [0.3, 0.4) is 0 Å². The van der Waals surface area contributed by atoms with Gasteiger partial charge in [0.2, 0.25) is 0 Å². The molecule has 2 aliphatic carbocycles. The van der Waals surface area contributed by atoms with Crippen molar-refractivity contribution >= 4 is 34.9 Å². The molecule has 0 spiro atoms. The Kier molecular flexibility index (Phi) is 9.47. The largest absolute Gasteiger partial charge is 0.490 e. The molecule has 212 valence electrons. The molecule has 2 saturated carbocycles. The number of carboxylic acids is 1. The molecule has 40 heavy (non-hydrogen) atoms. The number of aliphatic imine (C=N–C) groups is 1. The van der Waals surface area contributed by atoms with Crippen LogP contribution in [0.1, 0.15) is 92.6 Å². The molecule has 0 atom stereocenters. The number of carboxylic acid groups (broad SMARTS) is 1. The molecule has 1 aliphatic heterocycles. The molecule has 0 aromatic heterocycles. The van der Waals surface area contributed by atoms with Gasteiger partial charge in [0.05, 0.1) is 23.1 Å². The van der Waals surface area contributed by atoms with Gasteiger partial charge in [0, 0.05) is 6.04 Å². The van der Waals surface area contributed by atoms with Gasteiger partial charge in [-0.2, -0.15) is 0 Å². The summed E-state index contributed by atoms with van der Waals surface area (Å²) in [6.07, 6.45) is 13.5. The Bertz CT molecular complexity index is 1260. The summed E-state index contributed by atoms with van der Waals surface area (Å²) in [5.41, 5.74) is 1.98. The summed E-state index contributed by atoms with van der Waals surface area (Å²) in [6.45, 7) is 2.68. The van der Waals surface area contributed by atoms with Crippen molar-refractivity contribution in [1.29, 1.82) is 0 Å². The Morgan fingerprint density at radius 2 is 1.68 bits per heavy atom. The molecule has 1 amide bonds. The van der Waals surface area contributed by atoms with Gasteiger partial charge in [-0.15, -0.1) is 0 Å². The summed E-state index contributed by atoms with van der Waals surface area (Å²) in [6, 6.07) is 12.9. The number of carbonyl (C=O) groups is 2. The Morgan fingerprint density at radius 3 is 2.35 bits per heavy atom. The smallest absolute Gasteiger partial charge is 0.335 e. The Morgan fingerprint density at radius 1 is 0.975 bits per heavy atom. The molecule has 3 aliphatic rings. The maximum Gasteiger partial charge on any atom is 0.335 e. The first-order chi connectivity index (χ1) is 19.5. The van der Waals surface area contributed by atoms with Crippen LogP contribution in [0.2, 0.25) is 0 Å². The minimum absolute atomic E-state index is 0.0644. The van der Waals surface area contributed by atoms with Crippen LogP contribution >= 0.6 is 11.8 Å². The average Bonchev–Trinajstić information content (AvgIpc) is 3.27. The summed E-state index contributed by atoms with van der Waals surface area (Å²) >= 11 is 1.52. The molecule has 5 rings (SSSR count). The lowest BCUT2D eigenvalue weighted by Gasteiger charge is -2.31. The highest BCUT2D eigenvalue weighted by Crippen LogP contribution is 2.39. The second kappa shape index (κ2) is 13.4. The van der Waals surface area contributed by atoms with Crippen LogP contribution < -0.4 is 9.47 Å². The minimum Gasteiger partial charge on any atom is -0.490 e. The predicted molar refractivity (Wildman–Crippen MR) is 159 cm³/mol. The topological polar surface area (TPSA) is 88.4 Å². The zero-order valence-corrected chi connectivity index (χ0v) is 24.0. The summed E-state index contributed by atoms with van der Waals surface area (Å²) in [5, 5.41) is 9.99. The van der Waals surface area contributed by atoms with Crippen LogP contribution in [0.4, 0.5) is 0 Å². The predicted octanol–water partition coefficient (Wildman–Crippen LogP) is 7.30. The summed E-state index contributed by atoms with van der Waals surface area (Å²) in [5.74, 6) is 0.313. The molecule has 0 bridgehead atoms. The van der Waals surface area contributed by atoms with Crippen molar-refractivity contribution in [2.45, 2.75) is 89.8 Å². The third-order valence-electron chi connectivity index (χ3n) is 7.81. The molecule has 2 aromatic rings. The highest BCUT2D eigenvalue weighted by molar-refractivity contribution is 8.18. The van der Waals surface area contributed by atoms with Crippen LogP contribution in [0.15, 0.2) is 52.4 Å². The molecule has 0 radical (unpaired) electrons. The van der Waals surface area contributed by atoms with Crippen molar-refractivity contribution in [2.75, 3.05) is 6.61 Å². The highest BCUT2D eigenvalue weighted by Gasteiger charge is 2.39. The van der Waals surface area contributed by atoms with E-state index in [9.17, 15) is 9.59 Å². The van der Waals surface area contributed by atoms with Crippen LogP contribution in [0.5, 0.6) is 11.5 Å². The average molecular weight is 563 g/mol. The Balaban J connectivity index is 1.35. The molecular weight excluding hydrogens is 524 g/mol. The van der Waals surface area contributed by atoms with Gasteiger partial charge in [-0.1, -0.05) is 56.7 Å². The number of aromatic carboxylic acids is 1. The van der Waals surface area contributed by atoms with Crippen LogP contribution in [-0.4, -0.2) is 45.7 Å². The van der Waals surface area contributed by atoms with E-state index in [0.29, 0.717) is 29.1 Å². The number of ether oxygens (including phenoxy) is 2. The Labute approximate surface area is 240 Å². The second-order valence-corrected chi connectivity index (χ2v) is 11.7. The monoisotopic (exact) mass is 562 g/mol. The molecule has 3 fully saturated rings. The number of amides is 1. The third-order valence-corrected chi connectivity index (χ3v) is 8.80. The molecule has 7 nitrogen and oxygen atoms in total. The minimum atomic E-state index is -0.955. The van der Waals surface area contributed by atoms with Crippen molar-refractivity contribution in [2.24, 2.45) is 4.99 Å². The van der Waals surface area contributed by atoms with Gasteiger partial charge in [0.25, 0.3) is 5.91 Å². The van der Waals surface area contributed by atoms with Crippen molar-refractivity contribution in [3.8, 4) is 11.5 Å². The SMILES string of the molecule is CCOc1cc(C=C2SC(=NC3CCCCC3)N(C3CCCCC3)C2=O)ccc1OCc1ccc(C(=O)O)cc1. The number of amidine groups is 1. The molecule has 2 aromatic carbocycles. The first kappa shape index (κ1) is 28.3. The van der Waals surface area contributed by atoms with E-state index in [1.165, 1.54) is 37.4 Å². The number of rotatable bonds is 9. The maximum absolute atomic E-state index is 13.7. The molecule has 1 heterocycles. The second-order valence-electron chi connectivity index (χ2n) is 10.7. The first-order valence-corrected chi connectivity index (χ1v) is 15.4. The molecular formula is C32H38N2O5S. The quantitative estimate of drug-likeness (QED) is 0.323. The fraction of sp³-hybridized carbons (Fsp3) is 0.469. The lowest BCUT2D eigenvalue weighted by atomic mass is 9.94. The van der Waals surface area contributed by atoms with Gasteiger partial charge < -0.3 is 14.6 Å². The summed E-state index contributed by atoms with van der Waals surface area (Å²) in [4.78, 5) is 32.7. The maximum atomic E-state index is 13.7. The van der Waals surface area contributed by atoms with Crippen molar-refractivity contribution in [3.05, 3.63) is 64.1 Å². The van der Waals surface area contributed by atoms with Gasteiger partial charge in [-0.05, 0) is 85.8 Å². The van der Waals surface area contributed by atoms with Gasteiger partial charge in [0.15, 0.2) is 16.7 Å². The zero-order chi connectivity index (χ0) is 27.9. The number of nitrogens with zero attached hydrogens (tertiary/aromatic N) is 2. The summed E-state index contributed by atoms with van der Waals surface area (Å²) < 4.78 is 11.9. The van der Waals surface area contributed by atoms with Crippen molar-refractivity contribution < 1.29 is 24.2 Å². The zero-order valence-electron chi connectivity index (χ0n) is 23.1. The standard InChI is InChI=1S/C32H38N2O5S/c1-2-38-28-19-23(15-18-27(28)39-21-22-13-16-24(17-14-22)31(36)37)20-29-30(35)34(26-11-7-4-8-12-26)32(40-29)33-25-9-5-3-6-10-25/h13-20,25-26H,2-12,21H2,1H3,(H,36,37). The van der Waals surface area contributed by atoms with E-state index in [2.05, 4.69) is 0 Å². The summed E-state index contributed by atoms with van der Waals surface area (Å²) in [7, 11) is 0. The highest BCUT2D eigenvalue weighted by atomic mass is 32.2. The van der Waals surface area contributed by atoms with E-state index >= 15 is 0 Å². The van der Waals surface area contributed by atoms with E-state index in [-0.39, 0.29) is 24.1 Å². The lowest BCUT2D eigenvalue weighted by molar-refractivity contribution is -0.124. The number of thioether (sulfide) groups is 1. The molecule has 0 unspecified atom stereocenters. The first-order valence-electron chi connectivity index (χ1n) is 14.5. The lowest BCUT2D eigenvalue weighted by Crippen LogP contribution is -2.41. The van der Waals surface area contributed by atoms with Crippen LogP contribution in [-0.2, 0) is 11.4 Å². The number of carbonyl (C=O) groups excluding carboxylic acids is 1. The molecule has 1 saturated heterocycles. The van der Waals surface area contributed by atoms with Gasteiger partial charge in [-0.3, -0.25) is 14.7 Å². The fourth-order valence-electron chi connectivity index (χ4n) is 5.66. The molecule has 1 N–H and O–H groups in total. The third kappa shape index (κ3) is 6.89. The van der Waals surface area contributed by atoms with E-state index < -0.39 is 5.97 Å². The van der Waals surface area contributed by atoms with Gasteiger partial charge >= 0.3 is 5.97 Å². The van der Waals surface area contributed by atoms with E-state index in [0.717, 1.165) is 54.8 Å².